The smallest absolute Gasteiger partial charge is 0.0257 e. The number of rotatable bonds is 2. The van der Waals surface area contributed by atoms with E-state index in [0.29, 0.717) is 0 Å². The molecule has 0 radical (unpaired) electrons. The lowest BCUT2D eigenvalue weighted by atomic mass is 10.2. The first kappa shape index (κ1) is 11.0. The maximum atomic E-state index is 6.75. The fourth-order valence-corrected chi connectivity index (χ4v) is 0.743. The Hall–Kier alpha value is -1.99. The molecule has 1 aromatic rings. The Morgan fingerprint density at radius 2 is 1.69 bits per heavy atom. The van der Waals surface area contributed by atoms with Crippen LogP contribution in [0.25, 0.3) is 22.0 Å². The summed E-state index contributed by atoms with van der Waals surface area (Å²) >= 11 is 0. The van der Waals surface area contributed by atoms with E-state index in [1.54, 1.807) is 6.08 Å². The van der Waals surface area contributed by atoms with Crippen molar-refractivity contribution in [3.8, 4) is 0 Å². The van der Waals surface area contributed by atoms with E-state index in [1.165, 1.54) is 10.5 Å². The Bertz CT molecular complexity index is 295. The van der Waals surface area contributed by atoms with Crippen LogP contribution in [-0.2, 0) is 0 Å². The van der Waals surface area contributed by atoms with Gasteiger partial charge in [0.05, 0.1) is 0 Å². The summed E-state index contributed by atoms with van der Waals surface area (Å²) in [5.41, 5.74) is 14.7. The molecule has 0 spiro atoms. The highest BCUT2D eigenvalue weighted by Crippen LogP contribution is 1.99. The summed E-state index contributed by atoms with van der Waals surface area (Å²) < 4.78 is 0. The van der Waals surface area contributed by atoms with Gasteiger partial charge in [-0.2, -0.15) is 0 Å². The van der Waals surface area contributed by atoms with E-state index in [4.69, 9.17) is 11.1 Å². The molecule has 3 heteroatoms. The van der Waals surface area contributed by atoms with Gasteiger partial charge in [0.25, 0.3) is 0 Å². The summed E-state index contributed by atoms with van der Waals surface area (Å²) in [5, 5.41) is 0. The Morgan fingerprint density at radius 3 is 2.15 bits per heavy atom. The maximum Gasteiger partial charge on any atom is -0.0257 e. The highest BCUT2D eigenvalue weighted by molar-refractivity contribution is 5.50. The third kappa shape index (κ3) is 6.41. The van der Waals surface area contributed by atoms with Gasteiger partial charge in [0.2, 0.25) is 0 Å². The van der Waals surface area contributed by atoms with Crippen molar-refractivity contribution in [2.75, 3.05) is 0 Å². The lowest BCUT2D eigenvalue weighted by Crippen LogP contribution is -1.65. The van der Waals surface area contributed by atoms with E-state index in [2.05, 4.69) is 18.7 Å². The van der Waals surface area contributed by atoms with E-state index in [9.17, 15) is 0 Å². The molecule has 0 aliphatic rings. The van der Waals surface area contributed by atoms with E-state index in [-0.39, 0.29) is 0 Å². The van der Waals surface area contributed by atoms with Crippen LogP contribution in [0.5, 0.6) is 0 Å². The fraction of sp³-hybridized carbons (Fsp3) is 0. The van der Waals surface area contributed by atoms with E-state index in [0.717, 1.165) is 0 Å². The van der Waals surface area contributed by atoms with Crippen LogP contribution in [0.2, 0.25) is 0 Å². The average Bonchev–Trinajstić information content (AvgIpc) is 2.18. The average molecular weight is 172 g/mol. The summed E-state index contributed by atoms with van der Waals surface area (Å²) in [7, 11) is 0. The summed E-state index contributed by atoms with van der Waals surface area (Å²) in [4.78, 5) is 1.50. The van der Waals surface area contributed by atoms with E-state index < -0.39 is 0 Å². The topological polar surface area (TPSA) is 58.7 Å². The molecule has 66 valence electrons. The van der Waals surface area contributed by atoms with Crippen LogP contribution in [0.15, 0.2) is 49.1 Å². The predicted octanol–water partition coefficient (Wildman–Crippen LogP) is 3.75. The number of hydrogen-bond donors (Lipinski definition) is 0. The van der Waals surface area contributed by atoms with Crippen molar-refractivity contribution in [3.05, 3.63) is 70.6 Å². The zero-order valence-corrected chi connectivity index (χ0v) is 7.17. The molecule has 0 amide bonds. The number of allylic oxidation sites excluding steroid dienone is 2. The third-order valence-corrected chi connectivity index (χ3v) is 1.22. The summed E-state index contributed by atoms with van der Waals surface area (Å²) in [5.74, 6) is 0. The third-order valence-electron chi connectivity index (χ3n) is 1.22. The van der Waals surface area contributed by atoms with Gasteiger partial charge >= 0.3 is 0 Å². The van der Waals surface area contributed by atoms with E-state index in [1.807, 2.05) is 30.4 Å². The van der Waals surface area contributed by atoms with Gasteiger partial charge in [-0.1, -0.05) is 55.1 Å². The molecule has 0 aromatic heterocycles. The zero-order valence-electron chi connectivity index (χ0n) is 7.17. The molecule has 1 rings (SSSR count). The molecule has 1 aromatic carbocycles. The molecule has 0 aliphatic carbocycles. The first-order valence-corrected chi connectivity index (χ1v) is 3.67. The van der Waals surface area contributed by atoms with Crippen molar-refractivity contribution in [1.82, 2.24) is 0 Å². The van der Waals surface area contributed by atoms with Gasteiger partial charge in [-0.3, -0.25) is 4.91 Å². The van der Waals surface area contributed by atoms with Crippen LogP contribution in [-0.4, -0.2) is 0 Å². The van der Waals surface area contributed by atoms with E-state index >= 15 is 0 Å². The highest BCUT2D eigenvalue weighted by atomic mass is 15.0. The van der Waals surface area contributed by atoms with Gasteiger partial charge < -0.3 is 11.1 Å². The van der Waals surface area contributed by atoms with Gasteiger partial charge in [0.1, 0.15) is 0 Å². The normalized spacial score (nSPS) is 8.31. The van der Waals surface area contributed by atoms with Crippen LogP contribution >= 0.6 is 0 Å². The first-order chi connectivity index (χ1) is 6.35. The van der Waals surface area contributed by atoms with Crippen molar-refractivity contribution in [1.29, 1.82) is 0 Å². The molecular formula is C10H10N3-. The molecule has 0 heterocycles. The lowest BCUT2D eigenvalue weighted by molar-refractivity contribution is 1.66. The molecule has 0 saturated carbocycles. The minimum atomic E-state index is 1.21. The van der Waals surface area contributed by atoms with Gasteiger partial charge in [0, 0.05) is 0 Å². The monoisotopic (exact) mass is 172 g/mol. The van der Waals surface area contributed by atoms with Crippen LogP contribution in [0, 0.1) is 0 Å². The van der Waals surface area contributed by atoms with Crippen molar-refractivity contribution >= 4 is 6.08 Å². The minimum absolute atomic E-state index is 1.21. The molecule has 0 aliphatic heterocycles. The van der Waals surface area contributed by atoms with Crippen LogP contribution in [0.3, 0.4) is 0 Å². The Balaban J connectivity index is 0.000000424. The van der Waals surface area contributed by atoms with Crippen molar-refractivity contribution in [2.45, 2.75) is 0 Å². The number of nitrogens with zero attached hydrogens (tertiary/aromatic N) is 3. The van der Waals surface area contributed by atoms with Crippen molar-refractivity contribution in [2.24, 2.45) is 0 Å². The molecule has 0 atom stereocenters. The van der Waals surface area contributed by atoms with Crippen LogP contribution < -0.4 is 0 Å². The predicted molar refractivity (Wildman–Crippen MR) is 55.8 cm³/mol. The molecule has 0 saturated heterocycles. The number of benzene rings is 1. The van der Waals surface area contributed by atoms with Crippen LogP contribution in [0.4, 0.5) is 0 Å². The summed E-state index contributed by atoms with van der Waals surface area (Å²) in [6.45, 7) is 3.59. The van der Waals surface area contributed by atoms with Gasteiger partial charge in [-0.25, -0.2) is 0 Å². The molecule has 13 heavy (non-hydrogen) atoms. The number of hydrogen-bond acceptors (Lipinski definition) is 0. The van der Waals surface area contributed by atoms with Crippen molar-refractivity contribution < 1.29 is 0 Å². The van der Waals surface area contributed by atoms with Gasteiger partial charge in [0.15, 0.2) is 0 Å². The molecule has 3 nitrogen and oxygen atoms in total. The van der Waals surface area contributed by atoms with Crippen LogP contribution in [0.1, 0.15) is 5.56 Å². The standard InChI is InChI=1S/C10H10.N3/c1-2-3-7-10-8-5-4-6-9-10;1-3-2/h2-9H,1H2;/q;-1. The Kier molecular flexibility index (Phi) is 6.87. The highest BCUT2D eigenvalue weighted by Gasteiger charge is 1.78. The van der Waals surface area contributed by atoms with Gasteiger partial charge in [-0.05, 0) is 5.56 Å². The zero-order chi connectivity index (χ0) is 9.94. The lowest BCUT2D eigenvalue weighted by Gasteiger charge is -1.87. The molecule has 0 N–H and O–H groups in total. The first-order valence-electron chi connectivity index (χ1n) is 3.67. The SMILES string of the molecule is C=CC=Cc1ccccc1.[N-]=[N+]=[N-]. The van der Waals surface area contributed by atoms with Crippen molar-refractivity contribution in [3.63, 3.8) is 0 Å². The largest absolute Gasteiger partial charge is 0.373 e. The molecule has 0 fully saturated rings. The maximum absolute atomic E-state index is 6.75. The second-order valence-corrected chi connectivity index (χ2v) is 2.09. The Labute approximate surface area is 77.4 Å². The van der Waals surface area contributed by atoms with Gasteiger partial charge in [-0.15, -0.1) is 0 Å². The quantitative estimate of drug-likeness (QED) is 0.282. The summed E-state index contributed by atoms with van der Waals surface area (Å²) in [6.07, 6.45) is 5.72. The molecule has 0 bridgehead atoms. The second-order valence-electron chi connectivity index (χ2n) is 2.09. The fourth-order valence-electron chi connectivity index (χ4n) is 0.743. The Morgan fingerprint density at radius 1 is 1.15 bits per heavy atom. The summed E-state index contributed by atoms with van der Waals surface area (Å²) in [6, 6.07) is 10.1. The second kappa shape index (κ2) is 8.11. The molecular weight excluding hydrogens is 162 g/mol. The molecule has 0 unspecified atom stereocenters. The minimum Gasteiger partial charge on any atom is -0.373 e.